The summed E-state index contributed by atoms with van der Waals surface area (Å²) in [6, 6.07) is 20.1. The van der Waals surface area contributed by atoms with Crippen LogP contribution in [0.3, 0.4) is 0 Å². The molecule has 0 spiro atoms. The van der Waals surface area contributed by atoms with E-state index in [0.717, 1.165) is 5.56 Å². The standard InChI is InChI=1S/C30H31N7O6S/c1-20-5-4-6-23(19-20)43-22-11-9-21(10-12-22)36-29(30(31)38)28-27(33-36)25(13-14-32-28)34-15-17-35(18-16-34)44(41,42)26-8-3-2-7-24(26)37(39)40/h2-12,19,25,32H,13-18H2,1H3,(H2,31,38)/t25-/m1/s1. The number of anilines is 1. The van der Waals surface area contributed by atoms with Crippen LogP contribution in [0.15, 0.2) is 77.7 Å². The van der Waals surface area contributed by atoms with Gasteiger partial charge < -0.3 is 15.8 Å². The number of amides is 1. The number of primary amides is 1. The second-order valence-corrected chi connectivity index (χ2v) is 12.6. The molecular weight excluding hydrogens is 586 g/mol. The lowest BCUT2D eigenvalue weighted by Crippen LogP contribution is -2.50. The Hall–Kier alpha value is -4.79. The molecule has 14 heteroatoms. The molecule has 228 valence electrons. The Morgan fingerprint density at radius 3 is 2.43 bits per heavy atom. The van der Waals surface area contributed by atoms with Gasteiger partial charge in [-0.2, -0.15) is 9.40 Å². The van der Waals surface area contributed by atoms with Crippen LogP contribution in [-0.4, -0.2) is 71.0 Å². The highest BCUT2D eigenvalue weighted by Gasteiger charge is 2.38. The van der Waals surface area contributed by atoms with Crippen molar-refractivity contribution in [1.82, 2.24) is 19.0 Å². The molecule has 2 aliphatic rings. The summed E-state index contributed by atoms with van der Waals surface area (Å²) in [5, 5.41) is 19.6. The van der Waals surface area contributed by atoms with Crippen molar-refractivity contribution in [1.29, 1.82) is 0 Å². The lowest BCUT2D eigenvalue weighted by molar-refractivity contribution is -0.387. The molecule has 6 rings (SSSR count). The zero-order valence-electron chi connectivity index (χ0n) is 23.9. The number of nitro groups is 1. The first-order valence-electron chi connectivity index (χ1n) is 14.1. The normalized spacial score (nSPS) is 17.4. The van der Waals surface area contributed by atoms with Gasteiger partial charge in [-0.15, -0.1) is 0 Å². The molecule has 3 heterocycles. The number of rotatable bonds is 8. The van der Waals surface area contributed by atoms with Crippen molar-refractivity contribution in [3.63, 3.8) is 0 Å². The number of sulfonamides is 1. The fraction of sp³-hybridized carbons (Fsp3) is 0.267. The molecule has 0 unspecified atom stereocenters. The summed E-state index contributed by atoms with van der Waals surface area (Å²) < 4.78 is 35.4. The van der Waals surface area contributed by atoms with Gasteiger partial charge in [0.25, 0.3) is 11.6 Å². The van der Waals surface area contributed by atoms with Crippen molar-refractivity contribution in [2.75, 3.05) is 38.0 Å². The zero-order valence-corrected chi connectivity index (χ0v) is 24.7. The van der Waals surface area contributed by atoms with Crippen LogP contribution in [-0.2, 0) is 10.0 Å². The molecule has 1 amide bonds. The molecule has 0 bridgehead atoms. The van der Waals surface area contributed by atoms with Crippen molar-refractivity contribution in [3.05, 3.63) is 99.9 Å². The Morgan fingerprint density at radius 2 is 1.75 bits per heavy atom. The van der Waals surface area contributed by atoms with Crippen LogP contribution in [0.25, 0.3) is 5.69 Å². The van der Waals surface area contributed by atoms with E-state index in [1.54, 1.807) is 24.3 Å². The Bertz CT molecular complexity index is 1830. The maximum atomic E-state index is 13.3. The van der Waals surface area contributed by atoms with Crippen LogP contribution in [0.2, 0.25) is 0 Å². The Morgan fingerprint density at radius 1 is 1.02 bits per heavy atom. The molecule has 1 aromatic heterocycles. The van der Waals surface area contributed by atoms with Gasteiger partial charge in [0.05, 0.1) is 22.3 Å². The van der Waals surface area contributed by atoms with Gasteiger partial charge in [0, 0.05) is 38.8 Å². The number of carbonyl (C=O) groups is 1. The van der Waals surface area contributed by atoms with E-state index in [-0.39, 0.29) is 29.7 Å². The topological polar surface area (TPSA) is 166 Å². The zero-order chi connectivity index (χ0) is 31.0. The molecule has 3 N–H and O–H groups in total. The van der Waals surface area contributed by atoms with Gasteiger partial charge in [-0.3, -0.25) is 19.8 Å². The van der Waals surface area contributed by atoms with Gasteiger partial charge in [0.1, 0.15) is 17.2 Å². The number of nitro benzene ring substituents is 1. The SMILES string of the molecule is Cc1cccc(Oc2ccc(-n3nc4c(c3C(N)=O)NCC[C@H]4N3CCN(S(=O)(=O)c4ccccc4[N+](=O)[O-])CC3)cc2)c1. The summed E-state index contributed by atoms with van der Waals surface area (Å²) in [6.07, 6.45) is 0.683. The van der Waals surface area contributed by atoms with Crippen LogP contribution < -0.4 is 15.8 Å². The largest absolute Gasteiger partial charge is 0.457 e. The number of piperazine rings is 1. The van der Waals surface area contributed by atoms with Crippen molar-refractivity contribution < 1.29 is 22.9 Å². The van der Waals surface area contributed by atoms with E-state index >= 15 is 0 Å². The first-order chi connectivity index (χ1) is 21.1. The highest BCUT2D eigenvalue weighted by atomic mass is 32.2. The van der Waals surface area contributed by atoms with Crippen molar-refractivity contribution >= 4 is 27.3 Å². The summed E-state index contributed by atoms with van der Waals surface area (Å²) in [7, 11) is -4.07. The van der Waals surface area contributed by atoms with Gasteiger partial charge in [-0.05, 0) is 61.4 Å². The number of hydrogen-bond donors (Lipinski definition) is 2. The minimum absolute atomic E-state index is 0.152. The predicted molar refractivity (Wildman–Crippen MR) is 163 cm³/mol. The molecule has 3 aromatic carbocycles. The van der Waals surface area contributed by atoms with Gasteiger partial charge in [0.15, 0.2) is 10.6 Å². The lowest BCUT2D eigenvalue weighted by Gasteiger charge is -2.39. The molecule has 2 aliphatic heterocycles. The van der Waals surface area contributed by atoms with Gasteiger partial charge >= 0.3 is 0 Å². The number of carbonyl (C=O) groups excluding carboxylic acids is 1. The van der Waals surface area contributed by atoms with E-state index in [9.17, 15) is 23.3 Å². The molecule has 1 atom stereocenters. The van der Waals surface area contributed by atoms with E-state index < -0.39 is 26.5 Å². The summed E-state index contributed by atoms with van der Waals surface area (Å²) in [4.78, 5) is 25.3. The molecule has 0 radical (unpaired) electrons. The summed E-state index contributed by atoms with van der Waals surface area (Å²) in [5.74, 6) is 0.709. The number of aromatic nitrogens is 2. The van der Waals surface area contributed by atoms with Crippen LogP contribution in [0.4, 0.5) is 11.4 Å². The fourth-order valence-corrected chi connectivity index (χ4v) is 7.35. The third-order valence-electron chi connectivity index (χ3n) is 7.88. The van der Waals surface area contributed by atoms with Crippen molar-refractivity contribution in [2.24, 2.45) is 5.73 Å². The number of ether oxygens (including phenoxy) is 1. The molecular formula is C30H31N7O6S. The number of para-hydroxylation sites is 1. The van der Waals surface area contributed by atoms with E-state index in [0.29, 0.717) is 54.6 Å². The number of nitrogens with zero attached hydrogens (tertiary/aromatic N) is 5. The quantitative estimate of drug-likeness (QED) is 0.221. The van der Waals surface area contributed by atoms with E-state index in [4.69, 9.17) is 15.6 Å². The predicted octanol–water partition coefficient (Wildman–Crippen LogP) is 3.84. The maximum absolute atomic E-state index is 13.3. The highest BCUT2D eigenvalue weighted by molar-refractivity contribution is 7.89. The summed E-state index contributed by atoms with van der Waals surface area (Å²) >= 11 is 0. The first-order valence-corrected chi connectivity index (χ1v) is 15.6. The van der Waals surface area contributed by atoms with Gasteiger partial charge in [-0.25, -0.2) is 13.1 Å². The van der Waals surface area contributed by atoms with Crippen LogP contribution in [0, 0.1) is 17.0 Å². The highest BCUT2D eigenvalue weighted by Crippen LogP contribution is 2.38. The molecule has 44 heavy (non-hydrogen) atoms. The molecule has 13 nitrogen and oxygen atoms in total. The van der Waals surface area contributed by atoms with Gasteiger partial charge in [-0.1, -0.05) is 24.3 Å². The van der Waals surface area contributed by atoms with E-state index in [1.165, 1.54) is 33.3 Å². The second-order valence-electron chi connectivity index (χ2n) is 10.7. The third-order valence-corrected chi connectivity index (χ3v) is 9.83. The number of nitrogens with one attached hydrogen (secondary N) is 1. The Labute approximate surface area is 254 Å². The lowest BCUT2D eigenvalue weighted by atomic mass is 10.0. The smallest absolute Gasteiger partial charge is 0.289 e. The Balaban J connectivity index is 1.23. The van der Waals surface area contributed by atoms with Crippen LogP contribution in [0.5, 0.6) is 11.5 Å². The number of benzene rings is 3. The molecule has 0 aliphatic carbocycles. The summed E-state index contributed by atoms with van der Waals surface area (Å²) in [6.45, 7) is 3.63. The van der Waals surface area contributed by atoms with Crippen LogP contribution >= 0.6 is 0 Å². The monoisotopic (exact) mass is 617 g/mol. The molecule has 1 saturated heterocycles. The van der Waals surface area contributed by atoms with E-state index in [2.05, 4.69) is 10.2 Å². The Kier molecular flexibility index (Phi) is 7.80. The number of fused-ring (bicyclic) bond motifs is 1. The second kappa shape index (κ2) is 11.7. The average Bonchev–Trinajstić information content (AvgIpc) is 3.42. The minimum Gasteiger partial charge on any atom is -0.457 e. The number of hydrogen-bond acceptors (Lipinski definition) is 9. The molecule has 1 fully saturated rings. The molecule has 0 saturated carbocycles. The maximum Gasteiger partial charge on any atom is 0.289 e. The summed E-state index contributed by atoms with van der Waals surface area (Å²) in [5.41, 5.74) is 8.55. The third kappa shape index (κ3) is 5.50. The minimum atomic E-state index is -4.07. The van der Waals surface area contributed by atoms with E-state index in [1.807, 2.05) is 31.2 Å². The number of nitrogens with two attached hydrogens (primary N) is 1. The van der Waals surface area contributed by atoms with Crippen molar-refractivity contribution in [2.45, 2.75) is 24.3 Å². The van der Waals surface area contributed by atoms with Crippen LogP contribution in [0.1, 0.15) is 34.2 Å². The number of aryl methyl sites for hydroxylation is 1. The average molecular weight is 618 g/mol. The molecule has 4 aromatic rings. The van der Waals surface area contributed by atoms with Gasteiger partial charge in [0.2, 0.25) is 10.0 Å². The fourth-order valence-electron chi connectivity index (χ4n) is 5.77. The van der Waals surface area contributed by atoms with Crippen molar-refractivity contribution in [3.8, 4) is 17.2 Å². The first kappa shape index (κ1) is 29.3.